The summed E-state index contributed by atoms with van der Waals surface area (Å²) < 4.78 is 0. The minimum atomic E-state index is -0.886. The molecule has 1 rings (SSSR count). The zero-order valence-electron chi connectivity index (χ0n) is 9.11. The number of hydrogen-bond donors (Lipinski definition) is 2. The second kappa shape index (κ2) is 6.11. The Balaban J connectivity index is 2.23. The van der Waals surface area contributed by atoms with E-state index < -0.39 is 5.97 Å². The first-order valence-electron chi connectivity index (χ1n) is 5.54. The molecule has 5 nitrogen and oxygen atoms in total. The Morgan fingerprint density at radius 2 is 2.12 bits per heavy atom. The fraction of sp³-hybridized carbons (Fsp3) is 0.727. The van der Waals surface area contributed by atoms with E-state index in [9.17, 15) is 9.59 Å². The smallest absolute Gasteiger partial charge is 0.303 e. The summed E-state index contributed by atoms with van der Waals surface area (Å²) in [6, 6.07) is 2.15. The van der Waals surface area contributed by atoms with Crippen LogP contribution in [-0.4, -0.2) is 23.0 Å². The number of rotatable bonds is 5. The van der Waals surface area contributed by atoms with Gasteiger partial charge in [-0.25, -0.2) is 0 Å². The minimum Gasteiger partial charge on any atom is -0.481 e. The van der Waals surface area contributed by atoms with Crippen molar-refractivity contribution in [3.63, 3.8) is 0 Å². The van der Waals surface area contributed by atoms with Gasteiger partial charge in [-0.05, 0) is 25.7 Å². The Bertz CT molecular complexity index is 309. The van der Waals surface area contributed by atoms with Crippen molar-refractivity contribution in [3.8, 4) is 6.07 Å². The van der Waals surface area contributed by atoms with Crippen LogP contribution in [0.25, 0.3) is 0 Å². The van der Waals surface area contributed by atoms with Crippen LogP contribution in [0, 0.1) is 17.2 Å². The molecule has 0 aromatic carbocycles. The summed E-state index contributed by atoms with van der Waals surface area (Å²) in [4.78, 5) is 21.7. The first-order valence-corrected chi connectivity index (χ1v) is 5.54. The molecule has 0 bridgehead atoms. The summed E-state index contributed by atoms with van der Waals surface area (Å²) >= 11 is 0. The molecule has 0 heterocycles. The average Bonchev–Trinajstić information content (AvgIpc) is 2.64. The number of nitrogens with one attached hydrogen (secondary N) is 1. The molecule has 2 unspecified atom stereocenters. The maximum Gasteiger partial charge on any atom is 0.303 e. The molecule has 1 aliphatic rings. The van der Waals surface area contributed by atoms with Crippen LogP contribution in [0.3, 0.4) is 0 Å². The molecule has 2 N–H and O–H groups in total. The van der Waals surface area contributed by atoms with Crippen LogP contribution < -0.4 is 5.32 Å². The van der Waals surface area contributed by atoms with Crippen LogP contribution in [-0.2, 0) is 9.59 Å². The summed E-state index contributed by atoms with van der Waals surface area (Å²) in [5.41, 5.74) is 0. The number of carboxylic acid groups (broad SMARTS) is 1. The summed E-state index contributed by atoms with van der Waals surface area (Å²) in [5.74, 6) is -1.11. The topological polar surface area (TPSA) is 90.2 Å². The molecule has 88 valence electrons. The maximum absolute atomic E-state index is 11.4. The van der Waals surface area contributed by atoms with Crippen LogP contribution in [0.15, 0.2) is 0 Å². The highest BCUT2D eigenvalue weighted by Gasteiger charge is 2.27. The second-order valence-electron chi connectivity index (χ2n) is 4.09. The number of carbonyl (C=O) groups is 2. The molecule has 16 heavy (non-hydrogen) atoms. The highest BCUT2D eigenvalue weighted by molar-refractivity contribution is 5.77. The molecule has 0 saturated heterocycles. The van der Waals surface area contributed by atoms with E-state index in [4.69, 9.17) is 10.4 Å². The lowest BCUT2D eigenvalue weighted by Crippen LogP contribution is -2.36. The van der Waals surface area contributed by atoms with E-state index in [0.717, 1.165) is 19.3 Å². The number of nitriles is 1. The van der Waals surface area contributed by atoms with E-state index in [1.165, 1.54) is 0 Å². The third-order valence-corrected chi connectivity index (χ3v) is 2.82. The molecule has 0 aromatic heterocycles. The van der Waals surface area contributed by atoms with Gasteiger partial charge in [-0.3, -0.25) is 9.59 Å². The van der Waals surface area contributed by atoms with Crippen molar-refractivity contribution >= 4 is 11.9 Å². The van der Waals surface area contributed by atoms with Crippen molar-refractivity contribution in [3.05, 3.63) is 0 Å². The van der Waals surface area contributed by atoms with Gasteiger partial charge in [0.15, 0.2) is 0 Å². The highest BCUT2D eigenvalue weighted by atomic mass is 16.4. The summed E-state index contributed by atoms with van der Waals surface area (Å²) in [6.45, 7) is 0. The van der Waals surface area contributed by atoms with Gasteiger partial charge in [0.1, 0.15) is 0 Å². The normalized spacial score (nSPS) is 23.7. The predicted molar refractivity (Wildman–Crippen MR) is 56.4 cm³/mol. The van der Waals surface area contributed by atoms with E-state index in [0.29, 0.717) is 6.42 Å². The minimum absolute atomic E-state index is 0.0137. The molecule has 1 saturated carbocycles. The van der Waals surface area contributed by atoms with Gasteiger partial charge in [0, 0.05) is 18.9 Å². The summed E-state index contributed by atoms with van der Waals surface area (Å²) in [5, 5.41) is 20.0. The standard InChI is InChI=1S/C11H16N2O3/c12-7-8-3-1-4-9(8)13-10(14)5-2-6-11(15)16/h8-9H,1-6H2,(H,13,14)(H,15,16). The van der Waals surface area contributed by atoms with Gasteiger partial charge in [0.25, 0.3) is 0 Å². The predicted octanol–water partition coefficient (Wildman–Crippen LogP) is 1.05. The van der Waals surface area contributed by atoms with Gasteiger partial charge in [0.05, 0.1) is 12.0 Å². The van der Waals surface area contributed by atoms with Crippen molar-refractivity contribution < 1.29 is 14.7 Å². The van der Waals surface area contributed by atoms with Crippen molar-refractivity contribution in [2.24, 2.45) is 5.92 Å². The molecular weight excluding hydrogens is 208 g/mol. The molecule has 0 aliphatic heterocycles. The van der Waals surface area contributed by atoms with Gasteiger partial charge < -0.3 is 10.4 Å². The van der Waals surface area contributed by atoms with Gasteiger partial charge in [0.2, 0.25) is 5.91 Å². The fourth-order valence-corrected chi connectivity index (χ4v) is 1.97. The molecule has 1 amide bonds. The zero-order valence-corrected chi connectivity index (χ0v) is 9.11. The third kappa shape index (κ3) is 3.89. The lowest BCUT2D eigenvalue weighted by atomic mass is 10.1. The van der Waals surface area contributed by atoms with E-state index in [1.807, 2.05) is 0 Å². The summed E-state index contributed by atoms with van der Waals surface area (Å²) in [6.07, 6.45) is 3.25. The molecule has 2 atom stereocenters. The van der Waals surface area contributed by atoms with Crippen molar-refractivity contribution in [1.29, 1.82) is 5.26 Å². The number of amides is 1. The average molecular weight is 224 g/mol. The number of carbonyl (C=O) groups excluding carboxylic acids is 1. The second-order valence-corrected chi connectivity index (χ2v) is 4.09. The Kier molecular flexibility index (Phi) is 4.77. The Labute approximate surface area is 94.4 Å². The molecule has 1 fully saturated rings. The maximum atomic E-state index is 11.4. The molecule has 5 heteroatoms. The van der Waals surface area contributed by atoms with Crippen molar-refractivity contribution in [2.75, 3.05) is 0 Å². The first kappa shape index (κ1) is 12.5. The van der Waals surface area contributed by atoms with E-state index in [2.05, 4.69) is 11.4 Å². The Morgan fingerprint density at radius 1 is 1.38 bits per heavy atom. The van der Waals surface area contributed by atoms with E-state index >= 15 is 0 Å². The molecule has 1 aliphatic carbocycles. The number of hydrogen-bond acceptors (Lipinski definition) is 3. The number of carboxylic acids is 1. The van der Waals surface area contributed by atoms with Crippen LogP contribution in [0.2, 0.25) is 0 Å². The van der Waals surface area contributed by atoms with Crippen molar-refractivity contribution in [1.82, 2.24) is 5.32 Å². The Hall–Kier alpha value is -1.57. The van der Waals surface area contributed by atoms with E-state index in [-0.39, 0.29) is 30.7 Å². The Morgan fingerprint density at radius 3 is 2.75 bits per heavy atom. The lowest BCUT2D eigenvalue weighted by Gasteiger charge is -2.15. The first-order chi connectivity index (χ1) is 7.63. The molecule has 0 aromatic rings. The third-order valence-electron chi connectivity index (χ3n) is 2.82. The lowest BCUT2D eigenvalue weighted by molar-refractivity contribution is -0.137. The SMILES string of the molecule is N#CC1CCCC1NC(=O)CCCC(=O)O. The van der Waals surface area contributed by atoms with Gasteiger partial charge in [-0.1, -0.05) is 0 Å². The van der Waals surface area contributed by atoms with Crippen LogP contribution in [0.1, 0.15) is 38.5 Å². The van der Waals surface area contributed by atoms with Crippen LogP contribution in [0.4, 0.5) is 0 Å². The molecule has 0 spiro atoms. The van der Waals surface area contributed by atoms with Crippen LogP contribution >= 0.6 is 0 Å². The van der Waals surface area contributed by atoms with E-state index in [1.54, 1.807) is 0 Å². The number of aliphatic carboxylic acids is 1. The fourth-order valence-electron chi connectivity index (χ4n) is 1.97. The van der Waals surface area contributed by atoms with Gasteiger partial charge in [-0.15, -0.1) is 0 Å². The monoisotopic (exact) mass is 224 g/mol. The molecule has 0 radical (unpaired) electrons. The summed E-state index contributed by atoms with van der Waals surface area (Å²) in [7, 11) is 0. The van der Waals surface area contributed by atoms with Crippen LogP contribution in [0.5, 0.6) is 0 Å². The highest BCUT2D eigenvalue weighted by Crippen LogP contribution is 2.24. The molecular formula is C11H16N2O3. The van der Waals surface area contributed by atoms with Gasteiger partial charge >= 0.3 is 5.97 Å². The quantitative estimate of drug-likeness (QED) is 0.730. The van der Waals surface area contributed by atoms with Gasteiger partial charge in [-0.2, -0.15) is 5.26 Å². The van der Waals surface area contributed by atoms with Crippen molar-refractivity contribution in [2.45, 2.75) is 44.6 Å². The zero-order chi connectivity index (χ0) is 12.0. The number of nitrogens with zero attached hydrogens (tertiary/aromatic N) is 1. The largest absolute Gasteiger partial charge is 0.481 e.